The predicted octanol–water partition coefficient (Wildman–Crippen LogP) is 1.81. The first-order valence-electron chi connectivity index (χ1n) is 4.41. The van der Waals surface area contributed by atoms with Crippen molar-refractivity contribution in [3.63, 3.8) is 0 Å². The van der Waals surface area contributed by atoms with E-state index in [0.717, 1.165) is 6.54 Å². The molecule has 0 atom stereocenters. The van der Waals surface area contributed by atoms with E-state index in [9.17, 15) is 0 Å². The Morgan fingerprint density at radius 1 is 1.31 bits per heavy atom. The summed E-state index contributed by atoms with van der Waals surface area (Å²) < 4.78 is 0. The van der Waals surface area contributed by atoms with E-state index in [1.54, 1.807) is 0 Å². The van der Waals surface area contributed by atoms with Gasteiger partial charge in [0.2, 0.25) is 0 Å². The average molecular weight is 176 g/mol. The zero-order chi connectivity index (χ0) is 9.52. The molecule has 70 valence electrons. The summed E-state index contributed by atoms with van der Waals surface area (Å²) in [5.41, 5.74) is 1.32. The molecule has 0 bridgehead atoms. The molecule has 0 fully saturated rings. The van der Waals surface area contributed by atoms with Gasteiger partial charge < -0.3 is 10.2 Å². The zero-order valence-corrected chi connectivity index (χ0v) is 8.20. The third-order valence-corrected chi connectivity index (χ3v) is 1.77. The lowest BCUT2D eigenvalue weighted by atomic mass is 10.2. The molecule has 1 rings (SSSR count). The van der Waals surface area contributed by atoms with Crippen molar-refractivity contribution in [3.05, 3.63) is 48.3 Å². The lowest BCUT2D eigenvalue weighted by molar-refractivity contribution is 0.448. The summed E-state index contributed by atoms with van der Waals surface area (Å²) in [6.07, 6.45) is 3.94. The van der Waals surface area contributed by atoms with Crippen molar-refractivity contribution in [2.24, 2.45) is 0 Å². The standard InChI is InChI=1S/C11H16N2/c1-12-8-9-13(2)10-11-6-4-3-5-7-11/h3-9,12H,10H2,1-2H3. The summed E-state index contributed by atoms with van der Waals surface area (Å²) in [5.74, 6) is 0. The van der Waals surface area contributed by atoms with E-state index in [4.69, 9.17) is 0 Å². The second kappa shape index (κ2) is 5.25. The lowest BCUT2D eigenvalue weighted by Gasteiger charge is -2.13. The van der Waals surface area contributed by atoms with E-state index in [0.29, 0.717) is 0 Å². The van der Waals surface area contributed by atoms with Crippen LogP contribution in [0.3, 0.4) is 0 Å². The number of benzene rings is 1. The van der Waals surface area contributed by atoms with Crippen LogP contribution in [0.25, 0.3) is 0 Å². The average Bonchev–Trinajstić information content (AvgIpc) is 2.16. The molecule has 0 heterocycles. The van der Waals surface area contributed by atoms with Crippen LogP contribution in [0.1, 0.15) is 5.56 Å². The monoisotopic (exact) mass is 176 g/mol. The van der Waals surface area contributed by atoms with Crippen molar-refractivity contribution in [1.82, 2.24) is 10.2 Å². The Morgan fingerprint density at radius 3 is 2.62 bits per heavy atom. The Morgan fingerprint density at radius 2 is 2.00 bits per heavy atom. The number of hydrogen-bond acceptors (Lipinski definition) is 2. The molecule has 0 aliphatic heterocycles. The topological polar surface area (TPSA) is 15.3 Å². The highest BCUT2D eigenvalue weighted by Gasteiger charge is 1.92. The number of nitrogens with zero attached hydrogens (tertiary/aromatic N) is 1. The smallest absolute Gasteiger partial charge is 0.0421 e. The zero-order valence-electron chi connectivity index (χ0n) is 8.20. The normalized spacial score (nSPS) is 10.3. The van der Waals surface area contributed by atoms with Crippen LogP contribution in [-0.4, -0.2) is 19.0 Å². The highest BCUT2D eigenvalue weighted by molar-refractivity contribution is 5.14. The molecular weight excluding hydrogens is 160 g/mol. The van der Waals surface area contributed by atoms with Gasteiger partial charge in [0.1, 0.15) is 0 Å². The van der Waals surface area contributed by atoms with Gasteiger partial charge in [0.15, 0.2) is 0 Å². The Kier molecular flexibility index (Phi) is 3.89. The molecule has 13 heavy (non-hydrogen) atoms. The maximum Gasteiger partial charge on any atom is 0.0421 e. The van der Waals surface area contributed by atoms with Gasteiger partial charge in [-0.25, -0.2) is 0 Å². The molecule has 2 nitrogen and oxygen atoms in total. The van der Waals surface area contributed by atoms with Gasteiger partial charge in [-0.1, -0.05) is 30.3 Å². The van der Waals surface area contributed by atoms with Crippen LogP contribution in [0.2, 0.25) is 0 Å². The molecule has 0 amide bonds. The van der Waals surface area contributed by atoms with Gasteiger partial charge in [-0.3, -0.25) is 0 Å². The van der Waals surface area contributed by atoms with Crippen LogP contribution in [0.4, 0.5) is 0 Å². The second-order valence-corrected chi connectivity index (χ2v) is 3.01. The fraction of sp³-hybridized carbons (Fsp3) is 0.273. The molecule has 0 aromatic heterocycles. The van der Waals surface area contributed by atoms with E-state index in [1.165, 1.54) is 5.56 Å². The lowest BCUT2D eigenvalue weighted by Crippen LogP contribution is -2.11. The summed E-state index contributed by atoms with van der Waals surface area (Å²) in [4.78, 5) is 2.13. The first-order valence-corrected chi connectivity index (χ1v) is 4.41. The third kappa shape index (κ3) is 3.65. The molecule has 0 saturated carbocycles. The molecule has 1 aromatic carbocycles. The number of rotatable bonds is 4. The van der Waals surface area contributed by atoms with Crippen molar-refractivity contribution in [3.8, 4) is 0 Å². The molecular formula is C11H16N2. The van der Waals surface area contributed by atoms with E-state index in [1.807, 2.05) is 25.5 Å². The molecule has 2 heteroatoms. The van der Waals surface area contributed by atoms with Crippen molar-refractivity contribution in [1.29, 1.82) is 0 Å². The summed E-state index contributed by atoms with van der Waals surface area (Å²) in [5, 5.41) is 2.96. The first kappa shape index (κ1) is 9.65. The molecule has 0 aliphatic carbocycles. The van der Waals surface area contributed by atoms with Gasteiger partial charge in [0, 0.05) is 33.0 Å². The SMILES string of the molecule is CNC=CN(C)Cc1ccccc1. The molecule has 0 radical (unpaired) electrons. The third-order valence-electron chi connectivity index (χ3n) is 1.77. The van der Waals surface area contributed by atoms with Gasteiger partial charge in [-0.15, -0.1) is 0 Å². The number of nitrogens with one attached hydrogen (secondary N) is 1. The summed E-state index contributed by atoms with van der Waals surface area (Å²) in [7, 11) is 3.95. The molecule has 1 aromatic rings. The Labute approximate surface area is 79.9 Å². The summed E-state index contributed by atoms with van der Waals surface area (Å²) in [6.45, 7) is 0.943. The molecule has 0 unspecified atom stereocenters. The number of hydrogen-bond donors (Lipinski definition) is 1. The van der Waals surface area contributed by atoms with Crippen LogP contribution in [0, 0.1) is 0 Å². The minimum absolute atomic E-state index is 0.943. The molecule has 0 spiro atoms. The maximum absolute atomic E-state index is 2.96. The highest BCUT2D eigenvalue weighted by atomic mass is 15.1. The van der Waals surface area contributed by atoms with Crippen molar-refractivity contribution < 1.29 is 0 Å². The fourth-order valence-corrected chi connectivity index (χ4v) is 1.13. The van der Waals surface area contributed by atoms with Crippen molar-refractivity contribution in [2.45, 2.75) is 6.54 Å². The Balaban J connectivity index is 2.45. The first-order chi connectivity index (χ1) is 6.33. The van der Waals surface area contributed by atoms with E-state index in [-0.39, 0.29) is 0 Å². The van der Waals surface area contributed by atoms with Gasteiger partial charge in [0.25, 0.3) is 0 Å². The van der Waals surface area contributed by atoms with Crippen molar-refractivity contribution in [2.75, 3.05) is 14.1 Å². The van der Waals surface area contributed by atoms with Gasteiger partial charge in [-0.2, -0.15) is 0 Å². The summed E-state index contributed by atoms with van der Waals surface area (Å²) >= 11 is 0. The van der Waals surface area contributed by atoms with Crippen LogP contribution in [0.5, 0.6) is 0 Å². The van der Waals surface area contributed by atoms with Crippen LogP contribution < -0.4 is 5.32 Å². The van der Waals surface area contributed by atoms with Gasteiger partial charge in [0.05, 0.1) is 0 Å². The Bertz CT molecular complexity index is 254. The highest BCUT2D eigenvalue weighted by Crippen LogP contribution is 2.01. The van der Waals surface area contributed by atoms with Crippen LogP contribution >= 0.6 is 0 Å². The minimum atomic E-state index is 0.943. The molecule has 0 aliphatic rings. The van der Waals surface area contributed by atoms with Crippen LogP contribution in [-0.2, 0) is 6.54 Å². The minimum Gasteiger partial charge on any atom is -0.393 e. The largest absolute Gasteiger partial charge is 0.393 e. The molecule has 1 N–H and O–H groups in total. The van der Waals surface area contributed by atoms with Gasteiger partial charge >= 0.3 is 0 Å². The van der Waals surface area contributed by atoms with Crippen molar-refractivity contribution >= 4 is 0 Å². The quantitative estimate of drug-likeness (QED) is 0.752. The summed E-state index contributed by atoms with van der Waals surface area (Å²) in [6, 6.07) is 10.4. The maximum atomic E-state index is 2.96. The predicted molar refractivity (Wildman–Crippen MR) is 56.1 cm³/mol. The van der Waals surface area contributed by atoms with E-state index in [2.05, 4.69) is 41.5 Å². The van der Waals surface area contributed by atoms with E-state index >= 15 is 0 Å². The fourth-order valence-electron chi connectivity index (χ4n) is 1.13. The molecule has 0 saturated heterocycles. The second-order valence-electron chi connectivity index (χ2n) is 3.01. The van der Waals surface area contributed by atoms with E-state index < -0.39 is 0 Å². The van der Waals surface area contributed by atoms with Gasteiger partial charge in [-0.05, 0) is 5.56 Å². The van der Waals surface area contributed by atoms with Crippen LogP contribution in [0.15, 0.2) is 42.7 Å². The Hall–Kier alpha value is -1.44.